The fourth-order valence-corrected chi connectivity index (χ4v) is 3.77. The number of aryl methyl sites for hydroxylation is 1. The van der Waals surface area contributed by atoms with Gasteiger partial charge in [0.2, 0.25) is 0 Å². The van der Waals surface area contributed by atoms with Crippen molar-refractivity contribution in [2.45, 2.75) is 25.8 Å². The Labute approximate surface area is 146 Å². The highest BCUT2D eigenvalue weighted by molar-refractivity contribution is 5.98. The van der Waals surface area contributed by atoms with E-state index in [-0.39, 0.29) is 18.0 Å². The molecule has 130 valence electrons. The molecule has 1 unspecified atom stereocenters. The second-order valence-electron chi connectivity index (χ2n) is 6.83. The van der Waals surface area contributed by atoms with Crippen molar-refractivity contribution in [3.63, 3.8) is 0 Å². The number of carbonyl (C=O) groups excluding carboxylic acids is 2. The molecular formula is C19H22N4O2. The first-order valence-corrected chi connectivity index (χ1v) is 8.83. The summed E-state index contributed by atoms with van der Waals surface area (Å²) < 4.78 is 0. The molecule has 3 heterocycles. The fourth-order valence-electron chi connectivity index (χ4n) is 3.77. The minimum absolute atomic E-state index is 0.00792. The van der Waals surface area contributed by atoms with E-state index >= 15 is 0 Å². The van der Waals surface area contributed by atoms with Gasteiger partial charge in [-0.15, -0.1) is 0 Å². The molecule has 2 aliphatic heterocycles. The van der Waals surface area contributed by atoms with Crippen LogP contribution in [0.3, 0.4) is 0 Å². The second-order valence-corrected chi connectivity index (χ2v) is 6.83. The average Bonchev–Trinajstić information content (AvgIpc) is 3.07. The van der Waals surface area contributed by atoms with Gasteiger partial charge in [-0.3, -0.25) is 9.78 Å². The molecule has 1 atom stereocenters. The van der Waals surface area contributed by atoms with Crippen molar-refractivity contribution in [1.29, 1.82) is 0 Å². The van der Waals surface area contributed by atoms with Crippen LogP contribution >= 0.6 is 0 Å². The molecule has 0 bridgehead atoms. The van der Waals surface area contributed by atoms with Crippen molar-refractivity contribution < 1.29 is 9.59 Å². The topological polar surface area (TPSA) is 65.5 Å². The summed E-state index contributed by atoms with van der Waals surface area (Å²) >= 11 is 0. The Morgan fingerprint density at radius 1 is 1.24 bits per heavy atom. The molecule has 2 aliphatic rings. The molecule has 1 aromatic carbocycles. The highest BCUT2D eigenvalue weighted by atomic mass is 16.2. The summed E-state index contributed by atoms with van der Waals surface area (Å²) in [5.41, 5.74) is 2.56. The Kier molecular flexibility index (Phi) is 4.03. The van der Waals surface area contributed by atoms with Crippen LogP contribution in [0.5, 0.6) is 0 Å². The molecule has 2 fully saturated rings. The smallest absolute Gasteiger partial charge is 0.317 e. The van der Waals surface area contributed by atoms with Crippen LogP contribution < -0.4 is 5.32 Å². The van der Waals surface area contributed by atoms with Crippen LogP contribution in [-0.2, 0) is 0 Å². The maximum absolute atomic E-state index is 12.9. The summed E-state index contributed by atoms with van der Waals surface area (Å²) in [4.78, 5) is 33.1. The normalized spacial score (nSPS) is 20.8. The molecule has 25 heavy (non-hydrogen) atoms. The lowest BCUT2D eigenvalue weighted by molar-refractivity contribution is 0.0634. The Bertz CT molecular complexity index is 835. The molecule has 0 aliphatic carbocycles. The minimum atomic E-state index is -0.00792. The lowest BCUT2D eigenvalue weighted by Crippen LogP contribution is -2.50. The highest BCUT2D eigenvalue weighted by Gasteiger charge is 2.33. The van der Waals surface area contributed by atoms with Gasteiger partial charge in [-0.25, -0.2) is 4.79 Å². The standard InChI is InChI=1S/C19H22N4O2/c1-13-4-5-14-11-15(6-7-17(14)21-13)18(24)22-9-2-3-16(12-22)23-10-8-20-19(23)25/h4-7,11,16H,2-3,8-10,12H2,1H3,(H,20,25). The zero-order chi connectivity index (χ0) is 17.4. The molecule has 0 radical (unpaired) electrons. The van der Waals surface area contributed by atoms with E-state index in [2.05, 4.69) is 10.3 Å². The average molecular weight is 338 g/mol. The van der Waals surface area contributed by atoms with E-state index in [9.17, 15) is 9.59 Å². The van der Waals surface area contributed by atoms with Crippen molar-refractivity contribution in [2.75, 3.05) is 26.2 Å². The molecular weight excluding hydrogens is 316 g/mol. The predicted octanol–water partition coefficient (Wildman–Crippen LogP) is 2.17. The molecule has 2 aromatic rings. The first kappa shape index (κ1) is 15.9. The van der Waals surface area contributed by atoms with Crippen LogP contribution in [0.2, 0.25) is 0 Å². The highest BCUT2D eigenvalue weighted by Crippen LogP contribution is 2.21. The first-order chi connectivity index (χ1) is 12.1. The monoisotopic (exact) mass is 338 g/mol. The number of hydrogen-bond donors (Lipinski definition) is 1. The van der Waals surface area contributed by atoms with Gasteiger partial charge in [0.1, 0.15) is 0 Å². The van der Waals surface area contributed by atoms with Gasteiger partial charge in [-0.2, -0.15) is 0 Å². The van der Waals surface area contributed by atoms with E-state index in [1.54, 1.807) is 0 Å². The number of piperidine rings is 1. The second kappa shape index (κ2) is 6.35. The number of hydrogen-bond acceptors (Lipinski definition) is 3. The van der Waals surface area contributed by atoms with Gasteiger partial charge in [0.15, 0.2) is 0 Å². The number of likely N-dealkylation sites (tertiary alicyclic amines) is 1. The summed E-state index contributed by atoms with van der Waals surface area (Å²) in [6, 6.07) is 9.74. The summed E-state index contributed by atoms with van der Waals surface area (Å²) in [6.07, 6.45) is 1.88. The molecule has 4 rings (SSSR count). The zero-order valence-corrected chi connectivity index (χ0v) is 14.4. The number of nitrogens with one attached hydrogen (secondary N) is 1. The van der Waals surface area contributed by atoms with Gasteiger partial charge < -0.3 is 15.1 Å². The van der Waals surface area contributed by atoms with Gasteiger partial charge >= 0.3 is 6.03 Å². The molecule has 0 spiro atoms. The summed E-state index contributed by atoms with van der Waals surface area (Å²) in [5, 5.41) is 3.82. The van der Waals surface area contributed by atoms with Crippen molar-refractivity contribution >= 4 is 22.8 Å². The van der Waals surface area contributed by atoms with E-state index in [1.165, 1.54) is 0 Å². The summed E-state index contributed by atoms with van der Waals surface area (Å²) in [6.45, 7) is 4.74. The predicted molar refractivity (Wildman–Crippen MR) is 95.5 cm³/mol. The van der Waals surface area contributed by atoms with Gasteiger partial charge in [0, 0.05) is 42.8 Å². The van der Waals surface area contributed by atoms with E-state index < -0.39 is 0 Å². The van der Waals surface area contributed by atoms with Crippen molar-refractivity contribution in [2.24, 2.45) is 0 Å². The van der Waals surface area contributed by atoms with Crippen molar-refractivity contribution in [1.82, 2.24) is 20.1 Å². The molecule has 2 saturated heterocycles. The quantitative estimate of drug-likeness (QED) is 0.913. The maximum Gasteiger partial charge on any atom is 0.317 e. The molecule has 6 nitrogen and oxygen atoms in total. The molecule has 6 heteroatoms. The van der Waals surface area contributed by atoms with E-state index in [4.69, 9.17) is 0 Å². The lowest BCUT2D eigenvalue weighted by Gasteiger charge is -2.37. The van der Waals surface area contributed by atoms with Crippen molar-refractivity contribution in [3.05, 3.63) is 41.6 Å². The van der Waals surface area contributed by atoms with Crippen molar-refractivity contribution in [3.8, 4) is 0 Å². The number of benzene rings is 1. The molecule has 3 amide bonds. The molecule has 1 aromatic heterocycles. The van der Waals surface area contributed by atoms with Crippen LogP contribution in [0.1, 0.15) is 28.9 Å². The third kappa shape index (κ3) is 3.04. The zero-order valence-electron chi connectivity index (χ0n) is 14.4. The third-order valence-electron chi connectivity index (χ3n) is 5.09. The number of pyridine rings is 1. The Morgan fingerprint density at radius 2 is 2.12 bits per heavy atom. The fraction of sp³-hybridized carbons (Fsp3) is 0.421. The maximum atomic E-state index is 12.9. The first-order valence-electron chi connectivity index (χ1n) is 8.83. The van der Waals surface area contributed by atoms with Gasteiger partial charge in [0.25, 0.3) is 5.91 Å². The van der Waals surface area contributed by atoms with Crippen LogP contribution in [-0.4, -0.2) is 58.9 Å². The number of nitrogens with zero attached hydrogens (tertiary/aromatic N) is 3. The van der Waals surface area contributed by atoms with E-state index in [0.29, 0.717) is 18.7 Å². The van der Waals surface area contributed by atoms with Crippen LogP contribution in [0.4, 0.5) is 4.79 Å². The summed E-state index contributed by atoms with van der Waals surface area (Å²) in [7, 11) is 0. The Morgan fingerprint density at radius 3 is 2.92 bits per heavy atom. The summed E-state index contributed by atoms with van der Waals surface area (Å²) in [5.74, 6) is 0.0341. The minimum Gasteiger partial charge on any atom is -0.337 e. The lowest BCUT2D eigenvalue weighted by atomic mass is 10.0. The number of rotatable bonds is 2. The molecule has 0 saturated carbocycles. The van der Waals surface area contributed by atoms with E-state index in [0.717, 1.165) is 42.5 Å². The number of amides is 3. The number of aromatic nitrogens is 1. The Balaban J connectivity index is 1.53. The van der Waals surface area contributed by atoms with E-state index in [1.807, 2.05) is 47.1 Å². The largest absolute Gasteiger partial charge is 0.337 e. The third-order valence-corrected chi connectivity index (χ3v) is 5.09. The number of fused-ring (bicyclic) bond motifs is 1. The SMILES string of the molecule is Cc1ccc2cc(C(=O)N3CCCC(N4CCNC4=O)C3)ccc2n1. The molecule has 1 N–H and O–H groups in total. The van der Waals surface area contributed by atoms with Gasteiger partial charge in [0.05, 0.1) is 11.6 Å². The van der Waals surface area contributed by atoms with Gasteiger partial charge in [-0.05, 0) is 44.0 Å². The number of urea groups is 1. The van der Waals surface area contributed by atoms with Crippen LogP contribution in [0, 0.1) is 6.92 Å². The Hall–Kier alpha value is -2.63. The number of carbonyl (C=O) groups is 2. The van der Waals surface area contributed by atoms with Gasteiger partial charge in [-0.1, -0.05) is 6.07 Å². The van der Waals surface area contributed by atoms with Crippen LogP contribution in [0.15, 0.2) is 30.3 Å². The van der Waals surface area contributed by atoms with Crippen LogP contribution in [0.25, 0.3) is 10.9 Å².